The van der Waals surface area contributed by atoms with Gasteiger partial charge in [0.2, 0.25) is 0 Å². The smallest absolute Gasteiger partial charge is 0.410 e. The highest BCUT2D eigenvalue weighted by Gasteiger charge is 2.27. The van der Waals surface area contributed by atoms with Gasteiger partial charge in [-0.2, -0.15) is 0 Å². The maximum Gasteiger partial charge on any atom is 0.410 e. The average Bonchev–Trinajstić information content (AvgIpc) is 2.65. The molecule has 0 atom stereocenters. The maximum atomic E-state index is 12.2. The Morgan fingerprint density at radius 1 is 1.25 bits per heavy atom. The van der Waals surface area contributed by atoms with E-state index in [4.69, 9.17) is 25.8 Å². The summed E-state index contributed by atoms with van der Waals surface area (Å²) in [5.41, 5.74) is 0.195. The fraction of sp³-hybridized carbons (Fsp3) is 0.550. The number of likely N-dealkylation sites (tertiary alicyclic amines) is 1. The van der Waals surface area contributed by atoms with Gasteiger partial charge in [-0.1, -0.05) is 11.6 Å². The third-order valence-electron chi connectivity index (χ3n) is 4.61. The van der Waals surface area contributed by atoms with Gasteiger partial charge in [-0.15, -0.1) is 0 Å². The molecule has 3 rings (SSSR count). The number of benzene rings is 1. The van der Waals surface area contributed by atoms with Gasteiger partial charge in [0.15, 0.2) is 0 Å². The molecule has 0 unspecified atom stereocenters. The topological polar surface area (TPSA) is 73.8 Å². The molecular formula is C20H26ClN3O4. The second-order valence-electron chi connectivity index (χ2n) is 7.91. The van der Waals surface area contributed by atoms with Crippen molar-refractivity contribution in [2.75, 3.05) is 26.8 Å². The molecule has 1 fully saturated rings. The van der Waals surface area contributed by atoms with Crippen LogP contribution in [-0.2, 0) is 4.74 Å². The second kappa shape index (κ2) is 8.39. The minimum atomic E-state index is -0.480. The van der Waals surface area contributed by atoms with E-state index in [0.29, 0.717) is 53.2 Å². The van der Waals surface area contributed by atoms with Crippen molar-refractivity contribution in [2.45, 2.75) is 39.2 Å². The SMILES string of the molecule is COc1cc(OCC2CCN(C(=O)OC(C)(C)C)CC2)c2c(Cl)ncnc2c1. The van der Waals surface area contributed by atoms with E-state index in [2.05, 4.69) is 9.97 Å². The van der Waals surface area contributed by atoms with E-state index in [-0.39, 0.29) is 6.09 Å². The predicted octanol–water partition coefficient (Wildman–Crippen LogP) is 4.32. The van der Waals surface area contributed by atoms with Crippen LogP contribution in [0.5, 0.6) is 11.5 Å². The molecule has 1 aromatic heterocycles. The molecule has 7 nitrogen and oxygen atoms in total. The number of rotatable bonds is 4. The summed E-state index contributed by atoms with van der Waals surface area (Å²) in [5.74, 6) is 1.59. The Labute approximate surface area is 169 Å². The molecule has 8 heteroatoms. The van der Waals surface area contributed by atoms with Crippen LogP contribution in [0.15, 0.2) is 18.5 Å². The molecule has 1 aliphatic heterocycles. The van der Waals surface area contributed by atoms with Crippen molar-refractivity contribution in [1.29, 1.82) is 0 Å². The van der Waals surface area contributed by atoms with Crippen molar-refractivity contribution in [2.24, 2.45) is 5.92 Å². The van der Waals surface area contributed by atoms with E-state index < -0.39 is 5.60 Å². The minimum Gasteiger partial charge on any atom is -0.497 e. The summed E-state index contributed by atoms with van der Waals surface area (Å²) in [5, 5.41) is 1.03. The standard InChI is InChI=1S/C20H26ClN3O4/c1-20(2,3)28-19(25)24-7-5-13(6-8-24)11-27-16-10-14(26-4)9-15-17(16)18(21)23-12-22-15/h9-10,12-13H,5-8,11H2,1-4H3. The first-order valence-corrected chi connectivity index (χ1v) is 9.73. The van der Waals surface area contributed by atoms with Crippen LogP contribution in [0.2, 0.25) is 5.15 Å². The van der Waals surface area contributed by atoms with Crippen LogP contribution in [0.4, 0.5) is 4.79 Å². The van der Waals surface area contributed by atoms with Crippen LogP contribution in [-0.4, -0.2) is 53.4 Å². The van der Waals surface area contributed by atoms with E-state index in [1.165, 1.54) is 6.33 Å². The molecule has 152 valence electrons. The Bertz CT molecular complexity index is 845. The van der Waals surface area contributed by atoms with Gasteiger partial charge >= 0.3 is 6.09 Å². The second-order valence-corrected chi connectivity index (χ2v) is 8.26. The molecule has 1 aliphatic rings. The van der Waals surface area contributed by atoms with Crippen LogP contribution in [0.3, 0.4) is 0 Å². The number of amides is 1. The summed E-state index contributed by atoms with van der Waals surface area (Å²) in [7, 11) is 1.60. The summed E-state index contributed by atoms with van der Waals surface area (Å²) < 4.78 is 16.9. The Kier molecular flexibility index (Phi) is 6.13. The van der Waals surface area contributed by atoms with Crippen molar-refractivity contribution in [3.05, 3.63) is 23.6 Å². The zero-order chi connectivity index (χ0) is 20.3. The molecule has 28 heavy (non-hydrogen) atoms. The number of methoxy groups -OCH3 is 1. The quantitative estimate of drug-likeness (QED) is 0.703. The highest BCUT2D eigenvalue weighted by Crippen LogP contribution is 2.34. The Balaban J connectivity index is 1.62. The van der Waals surface area contributed by atoms with Crippen LogP contribution >= 0.6 is 11.6 Å². The number of aromatic nitrogens is 2. The van der Waals surface area contributed by atoms with Crippen molar-refractivity contribution in [3.8, 4) is 11.5 Å². The number of carbonyl (C=O) groups is 1. The first-order valence-electron chi connectivity index (χ1n) is 9.36. The highest BCUT2D eigenvalue weighted by atomic mass is 35.5. The Morgan fingerprint density at radius 3 is 2.61 bits per heavy atom. The van der Waals surface area contributed by atoms with Crippen molar-refractivity contribution >= 4 is 28.6 Å². The monoisotopic (exact) mass is 407 g/mol. The van der Waals surface area contributed by atoms with E-state index in [1.807, 2.05) is 20.8 Å². The number of halogens is 1. The molecule has 0 saturated carbocycles. The number of nitrogens with zero attached hydrogens (tertiary/aromatic N) is 3. The molecule has 0 aliphatic carbocycles. The lowest BCUT2D eigenvalue weighted by molar-refractivity contribution is 0.0165. The number of fused-ring (bicyclic) bond motifs is 1. The highest BCUT2D eigenvalue weighted by molar-refractivity contribution is 6.34. The number of ether oxygens (including phenoxy) is 3. The molecule has 0 N–H and O–H groups in total. The zero-order valence-electron chi connectivity index (χ0n) is 16.7. The molecule has 0 spiro atoms. The van der Waals surface area contributed by atoms with Gasteiger partial charge in [0.1, 0.15) is 28.6 Å². The lowest BCUT2D eigenvalue weighted by Crippen LogP contribution is -2.42. The normalized spacial score (nSPS) is 15.5. The molecule has 1 saturated heterocycles. The van der Waals surface area contributed by atoms with Gasteiger partial charge < -0.3 is 19.1 Å². The first-order chi connectivity index (χ1) is 13.3. The third kappa shape index (κ3) is 4.95. The molecule has 1 aromatic carbocycles. The van der Waals surface area contributed by atoms with Crippen LogP contribution in [0.1, 0.15) is 33.6 Å². The molecule has 2 heterocycles. The molecule has 0 bridgehead atoms. The van der Waals surface area contributed by atoms with Crippen LogP contribution in [0.25, 0.3) is 10.9 Å². The van der Waals surface area contributed by atoms with E-state index in [0.717, 1.165) is 12.8 Å². The van der Waals surface area contributed by atoms with Crippen molar-refractivity contribution < 1.29 is 19.0 Å². The van der Waals surface area contributed by atoms with Gasteiger partial charge in [0.25, 0.3) is 0 Å². The van der Waals surface area contributed by atoms with Crippen LogP contribution in [0, 0.1) is 5.92 Å². The van der Waals surface area contributed by atoms with Crippen molar-refractivity contribution in [1.82, 2.24) is 14.9 Å². The van der Waals surface area contributed by atoms with Gasteiger partial charge in [-0.3, -0.25) is 0 Å². The van der Waals surface area contributed by atoms with E-state index in [9.17, 15) is 4.79 Å². The Hall–Kier alpha value is -2.28. The fourth-order valence-corrected chi connectivity index (χ4v) is 3.37. The molecular weight excluding hydrogens is 382 g/mol. The average molecular weight is 408 g/mol. The Morgan fingerprint density at radius 2 is 1.96 bits per heavy atom. The predicted molar refractivity (Wildman–Crippen MR) is 107 cm³/mol. The first kappa shape index (κ1) is 20.5. The maximum absolute atomic E-state index is 12.2. The largest absolute Gasteiger partial charge is 0.497 e. The number of hydrogen-bond acceptors (Lipinski definition) is 6. The lowest BCUT2D eigenvalue weighted by Gasteiger charge is -2.33. The summed E-state index contributed by atoms with van der Waals surface area (Å²) in [6.45, 7) is 7.46. The fourth-order valence-electron chi connectivity index (χ4n) is 3.14. The van der Waals surface area contributed by atoms with Crippen LogP contribution < -0.4 is 9.47 Å². The number of piperidine rings is 1. The van der Waals surface area contributed by atoms with E-state index >= 15 is 0 Å². The lowest BCUT2D eigenvalue weighted by atomic mass is 9.98. The van der Waals surface area contributed by atoms with Gasteiger partial charge in [0, 0.05) is 25.2 Å². The summed E-state index contributed by atoms with van der Waals surface area (Å²) in [4.78, 5) is 22.2. The summed E-state index contributed by atoms with van der Waals surface area (Å²) in [6, 6.07) is 3.60. The minimum absolute atomic E-state index is 0.255. The van der Waals surface area contributed by atoms with Gasteiger partial charge in [0.05, 0.1) is 24.6 Å². The van der Waals surface area contributed by atoms with E-state index in [1.54, 1.807) is 24.1 Å². The number of carbonyl (C=O) groups excluding carboxylic acids is 1. The summed E-state index contributed by atoms with van der Waals surface area (Å²) in [6.07, 6.45) is 2.87. The molecule has 0 radical (unpaired) electrons. The molecule has 1 amide bonds. The van der Waals surface area contributed by atoms with Gasteiger partial charge in [-0.25, -0.2) is 14.8 Å². The number of hydrogen-bond donors (Lipinski definition) is 0. The summed E-state index contributed by atoms with van der Waals surface area (Å²) >= 11 is 6.26. The van der Waals surface area contributed by atoms with Gasteiger partial charge in [-0.05, 0) is 39.5 Å². The zero-order valence-corrected chi connectivity index (χ0v) is 17.5. The third-order valence-corrected chi connectivity index (χ3v) is 4.89. The van der Waals surface area contributed by atoms with Crippen molar-refractivity contribution in [3.63, 3.8) is 0 Å². The molecule has 2 aromatic rings.